The lowest BCUT2D eigenvalue weighted by Gasteiger charge is -2.32. The van der Waals surface area contributed by atoms with Gasteiger partial charge >= 0.3 is 13.1 Å². The van der Waals surface area contributed by atoms with Gasteiger partial charge in [0, 0.05) is 10.9 Å². The van der Waals surface area contributed by atoms with E-state index in [1.54, 1.807) is 0 Å². The Hall–Kier alpha value is -0.985. The Kier molecular flexibility index (Phi) is 4.41. The molecule has 1 aliphatic heterocycles. The number of hydrogen-bond acceptors (Lipinski definition) is 3. The lowest BCUT2D eigenvalue weighted by atomic mass is 9.75. The highest BCUT2D eigenvalue weighted by molar-refractivity contribution is 9.08. The molecule has 2 rings (SSSR count). The number of carboxylic acids is 1. The molecular formula is C14H16BBrF2O4. The van der Waals surface area contributed by atoms with Gasteiger partial charge in [-0.25, -0.2) is 13.6 Å². The summed E-state index contributed by atoms with van der Waals surface area (Å²) in [5, 5.41) is 9.04. The first-order valence-electron chi connectivity index (χ1n) is 6.67. The summed E-state index contributed by atoms with van der Waals surface area (Å²) in [5.74, 6) is -4.14. The second-order valence-electron chi connectivity index (χ2n) is 6.15. The van der Waals surface area contributed by atoms with Crippen molar-refractivity contribution in [2.45, 2.75) is 44.2 Å². The Morgan fingerprint density at radius 2 is 1.73 bits per heavy atom. The number of carbonyl (C=O) groups is 1. The molecule has 1 aromatic carbocycles. The normalized spacial score (nSPS) is 19.5. The van der Waals surface area contributed by atoms with Gasteiger partial charge in [0.25, 0.3) is 0 Å². The van der Waals surface area contributed by atoms with Crippen LogP contribution in [0.15, 0.2) is 6.07 Å². The second-order valence-corrected chi connectivity index (χ2v) is 6.71. The van der Waals surface area contributed by atoms with Crippen molar-refractivity contribution in [1.82, 2.24) is 0 Å². The van der Waals surface area contributed by atoms with E-state index in [0.29, 0.717) is 0 Å². The number of halogens is 3. The summed E-state index contributed by atoms with van der Waals surface area (Å²) in [4.78, 5) is 11.1. The number of benzene rings is 1. The van der Waals surface area contributed by atoms with Gasteiger partial charge in [0.15, 0.2) is 11.6 Å². The Labute approximate surface area is 136 Å². The molecule has 0 saturated carbocycles. The van der Waals surface area contributed by atoms with E-state index >= 15 is 0 Å². The smallest absolute Gasteiger partial charge is 0.478 e. The molecule has 0 aromatic heterocycles. The van der Waals surface area contributed by atoms with Crippen LogP contribution >= 0.6 is 15.9 Å². The van der Waals surface area contributed by atoms with Gasteiger partial charge in [0.2, 0.25) is 0 Å². The summed E-state index contributed by atoms with van der Waals surface area (Å²) in [6, 6.07) is 1.07. The highest BCUT2D eigenvalue weighted by atomic mass is 79.9. The zero-order chi connectivity index (χ0) is 16.9. The molecule has 0 radical (unpaired) electrons. The van der Waals surface area contributed by atoms with Gasteiger partial charge in [-0.05, 0) is 39.2 Å². The van der Waals surface area contributed by atoms with E-state index < -0.39 is 41.5 Å². The van der Waals surface area contributed by atoms with E-state index in [2.05, 4.69) is 15.9 Å². The van der Waals surface area contributed by atoms with Crippen LogP contribution in [0.5, 0.6) is 0 Å². The molecule has 120 valence electrons. The third kappa shape index (κ3) is 2.68. The van der Waals surface area contributed by atoms with Gasteiger partial charge in [-0.3, -0.25) is 0 Å². The summed E-state index contributed by atoms with van der Waals surface area (Å²) in [7, 11) is -0.967. The number of hydrogen-bond donors (Lipinski definition) is 1. The van der Waals surface area contributed by atoms with Crippen LogP contribution in [-0.4, -0.2) is 29.4 Å². The maximum Gasteiger partial charge on any atom is 0.495 e. The Bertz CT molecular complexity index is 618. The molecule has 8 heteroatoms. The van der Waals surface area contributed by atoms with Crippen molar-refractivity contribution in [2.24, 2.45) is 0 Å². The molecule has 1 saturated heterocycles. The summed E-state index contributed by atoms with van der Waals surface area (Å²) in [5.41, 5.74) is -1.93. The van der Waals surface area contributed by atoms with Gasteiger partial charge in [-0.15, -0.1) is 0 Å². The number of carboxylic acid groups (broad SMARTS) is 1. The summed E-state index contributed by atoms with van der Waals surface area (Å²) >= 11 is 3.09. The largest absolute Gasteiger partial charge is 0.495 e. The Balaban J connectivity index is 2.59. The fourth-order valence-corrected chi connectivity index (χ4v) is 2.73. The van der Waals surface area contributed by atoms with E-state index in [1.807, 2.05) is 27.7 Å². The third-order valence-electron chi connectivity index (χ3n) is 4.21. The van der Waals surface area contributed by atoms with Gasteiger partial charge in [-0.2, -0.15) is 0 Å². The van der Waals surface area contributed by atoms with E-state index in [-0.39, 0.29) is 16.4 Å². The first-order chi connectivity index (χ1) is 10.0. The summed E-state index contributed by atoms with van der Waals surface area (Å²) in [6.45, 7) is 7.27. The van der Waals surface area contributed by atoms with Gasteiger partial charge in [0.1, 0.15) is 0 Å². The van der Waals surface area contributed by atoms with Gasteiger partial charge in [0.05, 0.1) is 16.8 Å². The van der Waals surface area contributed by atoms with Crippen LogP contribution in [0, 0.1) is 11.6 Å². The van der Waals surface area contributed by atoms with Crippen LogP contribution in [-0.2, 0) is 14.6 Å². The molecule has 0 amide bonds. The minimum Gasteiger partial charge on any atom is -0.478 e. The molecule has 1 fully saturated rings. The number of rotatable bonds is 3. The molecule has 22 heavy (non-hydrogen) atoms. The molecule has 0 spiro atoms. The van der Waals surface area contributed by atoms with Crippen LogP contribution in [0.3, 0.4) is 0 Å². The molecule has 0 unspecified atom stereocenters. The molecule has 1 heterocycles. The van der Waals surface area contributed by atoms with Crippen molar-refractivity contribution < 1.29 is 28.0 Å². The second kappa shape index (κ2) is 5.58. The molecule has 1 aromatic rings. The highest BCUT2D eigenvalue weighted by Crippen LogP contribution is 2.37. The van der Waals surface area contributed by atoms with Crippen molar-refractivity contribution in [2.75, 3.05) is 0 Å². The lowest BCUT2D eigenvalue weighted by molar-refractivity contribution is 0.00578. The first-order valence-corrected chi connectivity index (χ1v) is 7.79. The number of aromatic carboxylic acids is 1. The van der Waals surface area contributed by atoms with Crippen molar-refractivity contribution in [3.8, 4) is 0 Å². The summed E-state index contributed by atoms with van der Waals surface area (Å²) in [6.07, 6.45) is 0. The lowest BCUT2D eigenvalue weighted by Crippen LogP contribution is -2.41. The maximum atomic E-state index is 14.1. The van der Waals surface area contributed by atoms with Gasteiger partial charge < -0.3 is 14.4 Å². The maximum absolute atomic E-state index is 14.1. The van der Waals surface area contributed by atoms with E-state index in [9.17, 15) is 13.6 Å². The molecule has 4 nitrogen and oxygen atoms in total. The van der Waals surface area contributed by atoms with Gasteiger partial charge in [-0.1, -0.05) is 15.9 Å². The minimum absolute atomic E-state index is 0.00899. The highest BCUT2D eigenvalue weighted by Gasteiger charge is 2.52. The minimum atomic E-state index is -1.55. The van der Waals surface area contributed by atoms with Crippen LogP contribution in [0.1, 0.15) is 43.6 Å². The fraction of sp³-hybridized carbons (Fsp3) is 0.500. The van der Waals surface area contributed by atoms with Crippen LogP contribution in [0.4, 0.5) is 8.78 Å². The van der Waals surface area contributed by atoms with Crippen LogP contribution < -0.4 is 5.46 Å². The molecule has 1 N–H and O–H groups in total. The van der Waals surface area contributed by atoms with E-state index in [1.165, 1.54) is 0 Å². The topological polar surface area (TPSA) is 55.8 Å². The number of alkyl halides is 1. The van der Waals surface area contributed by atoms with E-state index in [0.717, 1.165) is 6.07 Å². The van der Waals surface area contributed by atoms with E-state index in [4.69, 9.17) is 14.4 Å². The quantitative estimate of drug-likeness (QED) is 0.651. The predicted molar refractivity (Wildman–Crippen MR) is 81.7 cm³/mol. The standard InChI is InChI=1S/C14H16BBrF2O4/c1-13(2)14(3,4)22-15(21-13)9-5-7(12(19)20)10(17)11(18)8(9)6-16/h5H,6H2,1-4H3,(H,19,20). The SMILES string of the molecule is CC1(C)OB(c2cc(C(=O)O)c(F)c(F)c2CBr)OC1(C)C. The average Bonchev–Trinajstić information content (AvgIpc) is 2.60. The zero-order valence-electron chi connectivity index (χ0n) is 12.7. The molecular weight excluding hydrogens is 361 g/mol. The van der Waals surface area contributed by atoms with Crippen molar-refractivity contribution in [3.63, 3.8) is 0 Å². The zero-order valence-corrected chi connectivity index (χ0v) is 14.3. The molecule has 0 atom stereocenters. The van der Waals surface area contributed by atoms with Crippen molar-refractivity contribution in [1.29, 1.82) is 0 Å². The third-order valence-corrected chi connectivity index (χ3v) is 4.77. The molecule has 0 aliphatic carbocycles. The Morgan fingerprint density at radius 1 is 1.23 bits per heavy atom. The predicted octanol–water partition coefficient (Wildman–Crippen LogP) is 2.86. The monoisotopic (exact) mass is 376 g/mol. The first kappa shape index (κ1) is 17.4. The molecule has 1 aliphatic rings. The Morgan fingerprint density at radius 3 is 2.14 bits per heavy atom. The van der Waals surface area contributed by atoms with Crippen LogP contribution in [0.25, 0.3) is 0 Å². The van der Waals surface area contributed by atoms with Crippen molar-refractivity contribution >= 4 is 34.5 Å². The van der Waals surface area contributed by atoms with Crippen LogP contribution in [0.2, 0.25) is 0 Å². The average molecular weight is 377 g/mol. The fourth-order valence-electron chi connectivity index (χ4n) is 2.16. The molecule has 0 bridgehead atoms. The van der Waals surface area contributed by atoms with Crippen molar-refractivity contribution in [3.05, 3.63) is 28.8 Å². The summed E-state index contributed by atoms with van der Waals surface area (Å²) < 4.78 is 39.5.